The van der Waals surface area contributed by atoms with Crippen LogP contribution in [0.1, 0.15) is 24.2 Å². The number of carbonyl (C=O) groups is 1. The first-order valence-electron chi connectivity index (χ1n) is 5.25. The lowest BCUT2D eigenvalue weighted by atomic mass is 10.2. The summed E-state index contributed by atoms with van der Waals surface area (Å²) in [6.07, 6.45) is 2.71. The van der Waals surface area contributed by atoms with Gasteiger partial charge in [0.1, 0.15) is 5.75 Å². The van der Waals surface area contributed by atoms with E-state index in [0.29, 0.717) is 18.2 Å². The zero-order valence-corrected chi connectivity index (χ0v) is 9.53. The molecule has 1 aromatic heterocycles. The molecule has 1 amide bonds. The summed E-state index contributed by atoms with van der Waals surface area (Å²) in [5, 5.41) is 15.1. The highest BCUT2D eigenvalue weighted by Crippen LogP contribution is 2.07. The van der Waals surface area contributed by atoms with Gasteiger partial charge in [-0.25, -0.2) is 0 Å². The standard InChI is InChI=1S/C11H17N3O2/c1-8(2)13-3-4-14-11(16)9-5-10(15)7-12-6-9/h5-8,13,15H,3-4H2,1-2H3,(H,14,16). The van der Waals surface area contributed by atoms with Gasteiger partial charge in [-0.1, -0.05) is 13.8 Å². The Hall–Kier alpha value is -1.62. The van der Waals surface area contributed by atoms with Gasteiger partial charge < -0.3 is 15.7 Å². The van der Waals surface area contributed by atoms with Crippen LogP contribution in [0.2, 0.25) is 0 Å². The third kappa shape index (κ3) is 4.27. The fourth-order valence-electron chi connectivity index (χ4n) is 1.19. The average molecular weight is 223 g/mol. The summed E-state index contributed by atoms with van der Waals surface area (Å²) in [6, 6.07) is 1.79. The number of aromatic hydroxyl groups is 1. The lowest BCUT2D eigenvalue weighted by Gasteiger charge is -2.08. The molecule has 0 fully saturated rings. The van der Waals surface area contributed by atoms with Crippen molar-refractivity contribution in [3.8, 4) is 5.75 Å². The number of amides is 1. The smallest absolute Gasteiger partial charge is 0.253 e. The van der Waals surface area contributed by atoms with Gasteiger partial charge in [-0.05, 0) is 6.07 Å². The van der Waals surface area contributed by atoms with Crippen molar-refractivity contribution in [3.05, 3.63) is 24.0 Å². The largest absolute Gasteiger partial charge is 0.506 e. The zero-order valence-electron chi connectivity index (χ0n) is 9.53. The molecule has 0 aliphatic rings. The van der Waals surface area contributed by atoms with E-state index in [9.17, 15) is 4.79 Å². The number of nitrogens with one attached hydrogen (secondary N) is 2. The Labute approximate surface area is 94.9 Å². The van der Waals surface area contributed by atoms with Crippen LogP contribution in [0.25, 0.3) is 0 Å². The first-order valence-corrected chi connectivity index (χ1v) is 5.25. The summed E-state index contributed by atoms with van der Waals surface area (Å²) >= 11 is 0. The molecule has 5 nitrogen and oxygen atoms in total. The lowest BCUT2D eigenvalue weighted by molar-refractivity contribution is 0.0953. The van der Waals surface area contributed by atoms with Crippen molar-refractivity contribution in [3.63, 3.8) is 0 Å². The van der Waals surface area contributed by atoms with Gasteiger partial charge in [0.15, 0.2) is 0 Å². The van der Waals surface area contributed by atoms with E-state index < -0.39 is 0 Å². The predicted octanol–water partition coefficient (Wildman–Crippen LogP) is 0.515. The topological polar surface area (TPSA) is 74.2 Å². The monoisotopic (exact) mass is 223 g/mol. The molecule has 0 aliphatic heterocycles. The molecular weight excluding hydrogens is 206 g/mol. The second-order valence-electron chi connectivity index (χ2n) is 3.80. The number of aromatic nitrogens is 1. The molecule has 1 rings (SSSR count). The van der Waals surface area contributed by atoms with Crippen LogP contribution in [-0.4, -0.2) is 35.1 Å². The van der Waals surface area contributed by atoms with Crippen LogP contribution in [0, 0.1) is 0 Å². The quantitative estimate of drug-likeness (QED) is 0.636. The Morgan fingerprint density at radius 2 is 2.19 bits per heavy atom. The number of hydrogen-bond acceptors (Lipinski definition) is 4. The van der Waals surface area contributed by atoms with Gasteiger partial charge in [-0.3, -0.25) is 9.78 Å². The SMILES string of the molecule is CC(C)NCCNC(=O)c1cncc(O)c1. The minimum Gasteiger partial charge on any atom is -0.506 e. The molecule has 3 N–H and O–H groups in total. The van der Waals surface area contributed by atoms with Crippen molar-refractivity contribution >= 4 is 5.91 Å². The van der Waals surface area contributed by atoms with E-state index in [1.165, 1.54) is 18.5 Å². The molecule has 0 spiro atoms. The number of pyridine rings is 1. The third-order valence-electron chi connectivity index (χ3n) is 1.95. The molecule has 0 saturated heterocycles. The van der Waals surface area contributed by atoms with E-state index in [-0.39, 0.29) is 11.7 Å². The predicted molar refractivity (Wildman–Crippen MR) is 61.4 cm³/mol. The molecule has 0 radical (unpaired) electrons. The van der Waals surface area contributed by atoms with E-state index in [1.807, 2.05) is 13.8 Å². The van der Waals surface area contributed by atoms with Crippen LogP contribution < -0.4 is 10.6 Å². The molecule has 1 heterocycles. The second-order valence-corrected chi connectivity index (χ2v) is 3.80. The molecule has 16 heavy (non-hydrogen) atoms. The molecule has 1 aromatic rings. The molecule has 0 unspecified atom stereocenters. The van der Waals surface area contributed by atoms with E-state index in [4.69, 9.17) is 5.11 Å². The van der Waals surface area contributed by atoms with Gasteiger partial charge in [0.2, 0.25) is 0 Å². The maximum Gasteiger partial charge on any atom is 0.253 e. The summed E-state index contributed by atoms with van der Waals surface area (Å²) < 4.78 is 0. The summed E-state index contributed by atoms with van der Waals surface area (Å²) in [6.45, 7) is 5.35. The molecule has 0 aromatic carbocycles. The summed E-state index contributed by atoms with van der Waals surface area (Å²) in [5.74, 6) is -0.234. The van der Waals surface area contributed by atoms with Crippen molar-refractivity contribution in [1.29, 1.82) is 0 Å². The first-order chi connectivity index (χ1) is 7.59. The van der Waals surface area contributed by atoms with Gasteiger partial charge >= 0.3 is 0 Å². The van der Waals surface area contributed by atoms with E-state index in [0.717, 1.165) is 6.54 Å². The van der Waals surface area contributed by atoms with E-state index in [1.54, 1.807) is 0 Å². The fourth-order valence-corrected chi connectivity index (χ4v) is 1.19. The van der Waals surface area contributed by atoms with Crippen molar-refractivity contribution in [2.75, 3.05) is 13.1 Å². The van der Waals surface area contributed by atoms with E-state index in [2.05, 4.69) is 15.6 Å². The van der Waals surface area contributed by atoms with Crippen LogP contribution in [0.4, 0.5) is 0 Å². The highest BCUT2D eigenvalue weighted by atomic mass is 16.3. The Morgan fingerprint density at radius 1 is 1.44 bits per heavy atom. The van der Waals surface area contributed by atoms with Gasteiger partial charge in [0.25, 0.3) is 5.91 Å². The first kappa shape index (κ1) is 12.4. The highest BCUT2D eigenvalue weighted by Gasteiger charge is 2.05. The highest BCUT2D eigenvalue weighted by molar-refractivity contribution is 5.94. The number of rotatable bonds is 5. The van der Waals surface area contributed by atoms with Crippen LogP contribution in [-0.2, 0) is 0 Å². The molecule has 0 atom stereocenters. The maximum absolute atomic E-state index is 11.6. The zero-order chi connectivity index (χ0) is 12.0. The van der Waals surface area contributed by atoms with Crippen LogP contribution in [0.3, 0.4) is 0 Å². The molecule has 5 heteroatoms. The van der Waals surface area contributed by atoms with Crippen molar-refractivity contribution in [2.24, 2.45) is 0 Å². The van der Waals surface area contributed by atoms with Gasteiger partial charge in [0, 0.05) is 25.3 Å². The average Bonchev–Trinajstić information content (AvgIpc) is 2.24. The number of carbonyl (C=O) groups excluding carboxylic acids is 1. The third-order valence-corrected chi connectivity index (χ3v) is 1.95. The second kappa shape index (κ2) is 6.07. The minimum atomic E-state index is -0.228. The van der Waals surface area contributed by atoms with Crippen molar-refractivity contribution in [1.82, 2.24) is 15.6 Å². The molecule has 88 valence electrons. The number of hydrogen-bond donors (Lipinski definition) is 3. The van der Waals surface area contributed by atoms with Crippen LogP contribution in [0.15, 0.2) is 18.5 Å². The molecular formula is C11H17N3O2. The molecule has 0 saturated carbocycles. The van der Waals surface area contributed by atoms with Crippen LogP contribution in [0.5, 0.6) is 5.75 Å². The van der Waals surface area contributed by atoms with Gasteiger partial charge in [-0.15, -0.1) is 0 Å². The Balaban J connectivity index is 2.35. The Morgan fingerprint density at radius 3 is 2.81 bits per heavy atom. The Kier molecular flexibility index (Phi) is 4.72. The Bertz CT molecular complexity index is 353. The minimum absolute atomic E-state index is 0.00652. The fraction of sp³-hybridized carbons (Fsp3) is 0.455. The van der Waals surface area contributed by atoms with Gasteiger partial charge in [-0.2, -0.15) is 0 Å². The molecule has 0 aliphatic carbocycles. The van der Waals surface area contributed by atoms with E-state index >= 15 is 0 Å². The summed E-state index contributed by atoms with van der Waals surface area (Å²) in [7, 11) is 0. The number of nitrogens with zero attached hydrogens (tertiary/aromatic N) is 1. The van der Waals surface area contributed by atoms with Crippen LogP contribution >= 0.6 is 0 Å². The summed E-state index contributed by atoms with van der Waals surface area (Å²) in [4.78, 5) is 15.3. The maximum atomic E-state index is 11.6. The summed E-state index contributed by atoms with van der Waals surface area (Å²) in [5.41, 5.74) is 0.365. The van der Waals surface area contributed by atoms with Gasteiger partial charge in [0.05, 0.1) is 11.8 Å². The van der Waals surface area contributed by atoms with Crippen molar-refractivity contribution < 1.29 is 9.90 Å². The lowest BCUT2D eigenvalue weighted by Crippen LogP contribution is -2.34. The molecule has 0 bridgehead atoms. The normalized spacial score (nSPS) is 10.4. The van der Waals surface area contributed by atoms with Crippen molar-refractivity contribution in [2.45, 2.75) is 19.9 Å².